The van der Waals surface area contributed by atoms with Gasteiger partial charge in [-0.15, -0.1) is 0 Å². The first-order chi connectivity index (χ1) is 15.7. The van der Waals surface area contributed by atoms with Gasteiger partial charge in [-0.25, -0.2) is 9.97 Å². The van der Waals surface area contributed by atoms with Crippen molar-refractivity contribution < 1.29 is 13.2 Å². The first-order valence-electron chi connectivity index (χ1n) is 12.1. The van der Waals surface area contributed by atoms with Gasteiger partial charge in [-0.05, 0) is 93.5 Å². The van der Waals surface area contributed by atoms with Crippen LogP contribution >= 0.6 is 11.8 Å². The molecule has 2 aromatic rings. The number of alkyl halides is 3. The van der Waals surface area contributed by atoms with E-state index < -0.39 is 12.0 Å². The van der Waals surface area contributed by atoms with Gasteiger partial charge in [0.15, 0.2) is 0 Å². The number of aromatic nitrogens is 4. The first-order valence-corrected chi connectivity index (χ1v) is 13.2. The van der Waals surface area contributed by atoms with Crippen LogP contribution in [0.5, 0.6) is 0 Å². The SMILES string of the molecule is CC(C)n1nc(-c2ccnc(C(F)(F)F)n2)cc1C1C2CC(N3CCC4(CC3)CSC4)CC21. The minimum Gasteiger partial charge on any atom is -0.300 e. The smallest absolute Gasteiger partial charge is 0.300 e. The molecule has 4 heterocycles. The van der Waals surface area contributed by atoms with Crippen LogP contribution in [0, 0.1) is 17.3 Å². The van der Waals surface area contributed by atoms with Crippen LogP contribution in [0.1, 0.15) is 63.0 Å². The largest absolute Gasteiger partial charge is 0.451 e. The Morgan fingerprint density at radius 2 is 1.79 bits per heavy atom. The summed E-state index contributed by atoms with van der Waals surface area (Å²) in [5.41, 5.74) is 2.55. The summed E-state index contributed by atoms with van der Waals surface area (Å²) in [7, 11) is 0. The monoisotopic (exact) mass is 477 g/mol. The second kappa shape index (κ2) is 7.70. The third-order valence-corrected chi connectivity index (χ3v) is 10.0. The van der Waals surface area contributed by atoms with Crippen LogP contribution in [0.3, 0.4) is 0 Å². The number of hydrogen-bond donors (Lipinski definition) is 0. The molecule has 6 rings (SSSR count). The normalized spacial score (nSPS) is 31.1. The van der Waals surface area contributed by atoms with Crippen molar-refractivity contribution in [1.29, 1.82) is 0 Å². The fourth-order valence-electron chi connectivity index (χ4n) is 6.43. The summed E-state index contributed by atoms with van der Waals surface area (Å²) in [6, 6.07) is 4.33. The van der Waals surface area contributed by atoms with Crippen LogP contribution in [0.4, 0.5) is 13.2 Å². The lowest BCUT2D eigenvalue weighted by Gasteiger charge is -2.49. The van der Waals surface area contributed by atoms with E-state index >= 15 is 0 Å². The van der Waals surface area contributed by atoms with E-state index in [0.717, 1.165) is 5.69 Å². The van der Waals surface area contributed by atoms with Crippen molar-refractivity contribution in [2.45, 2.75) is 63.7 Å². The molecule has 0 aromatic carbocycles. The highest BCUT2D eigenvalue weighted by molar-refractivity contribution is 8.00. The highest BCUT2D eigenvalue weighted by Crippen LogP contribution is 2.64. The number of rotatable bonds is 4. The summed E-state index contributed by atoms with van der Waals surface area (Å²) in [5, 5.41) is 4.68. The zero-order valence-corrected chi connectivity index (χ0v) is 19.9. The second-order valence-electron chi connectivity index (χ2n) is 10.8. The molecule has 0 N–H and O–H groups in total. The maximum Gasteiger partial charge on any atom is 0.451 e. The van der Waals surface area contributed by atoms with Gasteiger partial charge in [-0.3, -0.25) is 4.68 Å². The highest BCUT2D eigenvalue weighted by Gasteiger charge is 2.59. The lowest BCUT2D eigenvalue weighted by Crippen LogP contribution is -2.49. The molecule has 178 valence electrons. The molecule has 2 aliphatic heterocycles. The van der Waals surface area contributed by atoms with Gasteiger partial charge in [0, 0.05) is 29.9 Å². The van der Waals surface area contributed by atoms with Gasteiger partial charge in [0.1, 0.15) is 5.69 Å². The molecule has 0 bridgehead atoms. The van der Waals surface area contributed by atoms with E-state index in [2.05, 4.69) is 45.6 Å². The van der Waals surface area contributed by atoms with E-state index in [1.165, 1.54) is 62.5 Å². The van der Waals surface area contributed by atoms with E-state index in [0.29, 0.717) is 34.9 Å². The number of halogens is 3. The van der Waals surface area contributed by atoms with Crippen LogP contribution in [0.2, 0.25) is 0 Å². The summed E-state index contributed by atoms with van der Waals surface area (Å²) in [4.78, 5) is 9.88. The summed E-state index contributed by atoms with van der Waals surface area (Å²) >= 11 is 2.10. The molecule has 9 heteroatoms. The van der Waals surface area contributed by atoms with Gasteiger partial charge < -0.3 is 4.90 Å². The fraction of sp³-hybridized carbons (Fsp3) is 0.708. The Hall–Kier alpha value is -1.61. The van der Waals surface area contributed by atoms with Gasteiger partial charge in [-0.1, -0.05) is 0 Å². The van der Waals surface area contributed by atoms with Crippen molar-refractivity contribution in [3.63, 3.8) is 0 Å². The quantitative estimate of drug-likeness (QED) is 0.601. The van der Waals surface area contributed by atoms with E-state index in [4.69, 9.17) is 0 Å². The Kier molecular flexibility index (Phi) is 5.11. The van der Waals surface area contributed by atoms with Crippen LogP contribution in [0.25, 0.3) is 11.4 Å². The third kappa shape index (κ3) is 3.79. The molecule has 4 aliphatic rings. The molecule has 2 saturated heterocycles. The molecule has 2 atom stereocenters. The number of piperidine rings is 1. The Balaban J connectivity index is 1.17. The van der Waals surface area contributed by atoms with Crippen molar-refractivity contribution >= 4 is 11.8 Å². The van der Waals surface area contributed by atoms with Crippen molar-refractivity contribution in [3.05, 3.63) is 29.8 Å². The van der Waals surface area contributed by atoms with E-state index in [-0.39, 0.29) is 11.7 Å². The molecule has 5 nitrogen and oxygen atoms in total. The molecule has 2 saturated carbocycles. The molecule has 33 heavy (non-hydrogen) atoms. The van der Waals surface area contributed by atoms with Gasteiger partial charge in [0.05, 0.1) is 5.69 Å². The van der Waals surface area contributed by atoms with Gasteiger partial charge in [-0.2, -0.15) is 30.0 Å². The predicted molar refractivity (Wildman–Crippen MR) is 122 cm³/mol. The van der Waals surface area contributed by atoms with Crippen molar-refractivity contribution in [2.24, 2.45) is 17.3 Å². The molecule has 2 aliphatic carbocycles. The summed E-state index contributed by atoms with van der Waals surface area (Å²) < 4.78 is 41.3. The minimum absolute atomic E-state index is 0.147. The van der Waals surface area contributed by atoms with Crippen molar-refractivity contribution in [1.82, 2.24) is 24.6 Å². The highest BCUT2D eigenvalue weighted by atomic mass is 32.2. The van der Waals surface area contributed by atoms with Crippen LogP contribution in [-0.4, -0.2) is 55.3 Å². The molecule has 0 radical (unpaired) electrons. The summed E-state index contributed by atoms with van der Waals surface area (Å²) in [5.74, 6) is 3.41. The number of likely N-dealkylation sites (tertiary alicyclic amines) is 1. The molecule has 2 unspecified atom stereocenters. The number of hydrogen-bond acceptors (Lipinski definition) is 5. The van der Waals surface area contributed by atoms with Crippen LogP contribution in [-0.2, 0) is 6.18 Å². The molecule has 1 spiro atoms. The predicted octanol–water partition coefficient (Wildman–Crippen LogP) is 5.26. The molecular formula is C24H30F3N5S. The van der Waals surface area contributed by atoms with Gasteiger partial charge in [0.25, 0.3) is 0 Å². The second-order valence-corrected chi connectivity index (χ2v) is 11.7. The lowest BCUT2D eigenvalue weighted by molar-refractivity contribution is -0.144. The van der Waals surface area contributed by atoms with E-state index in [9.17, 15) is 13.2 Å². The summed E-state index contributed by atoms with van der Waals surface area (Å²) in [6.45, 7) is 6.65. The van der Waals surface area contributed by atoms with E-state index in [1.807, 2.05) is 10.7 Å². The van der Waals surface area contributed by atoms with E-state index in [1.54, 1.807) is 0 Å². The maximum atomic E-state index is 13.1. The zero-order chi connectivity index (χ0) is 23.0. The van der Waals surface area contributed by atoms with Crippen molar-refractivity contribution in [3.8, 4) is 11.4 Å². The number of nitrogens with zero attached hydrogens (tertiary/aromatic N) is 5. The van der Waals surface area contributed by atoms with Crippen molar-refractivity contribution in [2.75, 3.05) is 24.6 Å². The Morgan fingerprint density at radius 3 is 2.36 bits per heavy atom. The fourth-order valence-corrected chi connectivity index (χ4v) is 7.79. The molecular weight excluding hydrogens is 447 g/mol. The summed E-state index contributed by atoms with van der Waals surface area (Å²) in [6.07, 6.45) is 1.80. The Bertz CT molecular complexity index is 1020. The number of fused-ring (bicyclic) bond motifs is 1. The average Bonchev–Trinajstić information content (AvgIpc) is 3.12. The van der Waals surface area contributed by atoms with Crippen LogP contribution < -0.4 is 0 Å². The molecule has 4 fully saturated rings. The minimum atomic E-state index is -4.56. The van der Waals surface area contributed by atoms with Gasteiger partial charge in [0.2, 0.25) is 5.82 Å². The third-order valence-electron chi connectivity index (χ3n) is 8.38. The topological polar surface area (TPSA) is 46.8 Å². The Labute approximate surface area is 196 Å². The van der Waals surface area contributed by atoms with Gasteiger partial charge >= 0.3 is 6.18 Å². The van der Waals surface area contributed by atoms with Crippen LogP contribution in [0.15, 0.2) is 18.3 Å². The lowest BCUT2D eigenvalue weighted by atomic mass is 9.80. The number of thioether (sulfide) groups is 1. The maximum absolute atomic E-state index is 13.1. The molecule has 0 amide bonds. The molecule has 2 aromatic heterocycles. The first kappa shape index (κ1) is 21.9. The zero-order valence-electron chi connectivity index (χ0n) is 19.1. The standard InChI is InChI=1S/C24H30F3N5S/c1-14(2)32-20(11-19(30-32)18-3-6-28-22(29-18)24(25,26)27)21-16-9-15(10-17(16)21)31-7-4-23(5-8-31)12-33-13-23/h3,6,11,14-17,21H,4-5,7-10,12-13H2,1-2H3. The average molecular weight is 478 g/mol. The Morgan fingerprint density at radius 1 is 1.09 bits per heavy atom.